The zero-order valence-corrected chi connectivity index (χ0v) is 15.7. The topological polar surface area (TPSA) is 67.2 Å². The molecule has 0 unspecified atom stereocenters. The van der Waals surface area contributed by atoms with Gasteiger partial charge in [0.05, 0.1) is 23.7 Å². The van der Waals surface area contributed by atoms with Gasteiger partial charge in [0.15, 0.2) is 0 Å². The Labute approximate surface area is 159 Å². The van der Waals surface area contributed by atoms with Crippen LogP contribution in [0.15, 0.2) is 34.1 Å². The molecule has 2 saturated heterocycles. The minimum absolute atomic E-state index is 0.203. The zero-order chi connectivity index (χ0) is 18.3. The van der Waals surface area contributed by atoms with Crippen molar-refractivity contribution in [2.24, 2.45) is 0 Å². The van der Waals surface area contributed by atoms with E-state index in [4.69, 9.17) is 17.0 Å². The molecule has 0 saturated carbocycles. The normalized spacial score (nSPS) is 19.8. The molecule has 0 spiro atoms. The average Bonchev–Trinajstić information content (AvgIpc) is 2.91. The summed E-state index contributed by atoms with van der Waals surface area (Å²) in [4.78, 5) is 34.0. The Kier molecular flexibility index (Phi) is 4.51. The number of nitrogens with zero attached hydrogens (tertiary/aromatic N) is 4. The van der Waals surface area contributed by atoms with Gasteiger partial charge < -0.3 is 9.64 Å². The maximum absolute atomic E-state index is 13.1. The molecule has 0 aromatic carbocycles. The Balaban J connectivity index is 1.91. The molecular formula is C17H16N4O3S2. The van der Waals surface area contributed by atoms with Gasteiger partial charge in [0.25, 0.3) is 11.5 Å². The van der Waals surface area contributed by atoms with Crippen LogP contribution in [0.3, 0.4) is 0 Å². The molecular weight excluding hydrogens is 372 g/mol. The number of anilines is 1. The first-order chi connectivity index (χ1) is 12.6. The number of morpholine rings is 1. The number of pyridine rings is 1. The summed E-state index contributed by atoms with van der Waals surface area (Å²) in [5.74, 6) is 0.372. The molecule has 2 aromatic rings. The molecule has 1 amide bonds. The lowest BCUT2D eigenvalue weighted by Crippen LogP contribution is -2.38. The summed E-state index contributed by atoms with van der Waals surface area (Å²) in [7, 11) is 1.63. The van der Waals surface area contributed by atoms with Crippen LogP contribution in [0.2, 0.25) is 0 Å². The van der Waals surface area contributed by atoms with Crippen molar-refractivity contribution >= 4 is 51.7 Å². The van der Waals surface area contributed by atoms with Gasteiger partial charge in [-0.2, -0.15) is 0 Å². The molecule has 4 rings (SSSR count). The summed E-state index contributed by atoms with van der Waals surface area (Å²) in [5.41, 5.74) is 0.752. The zero-order valence-electron chi connectivity index (χ0n) is 14.0. The first-order valence-corrected chi connectivity index (χ1v) is 9.34. The summed E-state index contributed by atoms with van der Waals surface area (Å²) in [6.45, 7) is 2.44. The fourth-order valence-corrected chi connectivity index (χ4v) is 4.07. The van der Waals surface area contributed by atoms with Crippen molar-refractivity contribution in [2.45, 2.75) is 0 Å². The standard InChI is InChI=1S/C17H16N4O3S2/c1-19-16(23)12(26-17(19)25)10-11-14(20-6-8-24-9-7-20)18-13-4-2-3-5-21(13)15(11)22/h2-5,10H,6-9H2,1H3. The summed E-state index contributed by atoms with van der Waals surface area (Å²) in [6, 6.07) is 5.41. The van der Waals surface area contributed by atoms with Crippen LogP contribution in [-0.4, -0.2) is 57.9 Å². The molecule has 2 aliphatic rings. The number of ether oxygens (including phenoxy) is 1. The highest BCUT2D eigenvalue weighted by molar-refractivity contribution is 8.26. The number of carbonyl (C=O) groups is 1. The Bertz CT molecular complexity index is 995. The number of hydrogen-bond acceptors (Lipinski definition) is 7. The average molecular weight is 388 g/mol. The minimum Gasteiger partial charge on any atom is -0.378 e. The first kappa shape index (κ1) is 17.2. The van der Waals surface area contributed by atoms with Crippen LogP contribution < -0.4 is 10.5 Å². The Hall–Kier alpha value is -2.23. The molecule has 26 heavy (non-hydrogen) atoms. The molecule has 4 heterocycles. The van der Waals surface area contributed by atoms with E-state index in [-0.39, 0.29) is 11.5 Å². The van der Waals surface area contributed by atoms with E-state index < -0.39 is 0 Å². The monoisotopic (exact) mass is 388 g/mol. The molecule has 2 aromatic heterocycles. The predicted octanol–water partition coefficient (Wildman–Crippen LogP) is 1.36. The van der Waals surface area contributed by atoms with Crippen molar-refractivity contribution in [1.29, 1.82) is 0 Å². The van der Waals surface area contributed by atoms with Crippen LogP contribution in [0.5, 0.6) is 0 Å². The fourth-order valence-electron chi connectivity index (χ4n) is 2.91. The third-order valence-electron chi connectivity index (χ3n) is 4.32. The SMILES string of the molecule is CN1C(=O)C(=Cc2c(N3CCOCC3)nc3ccccn3c2=O)SC1=S. The van der Waals surface area contributed by atoms with Crippen LogP contribution in [0.25, 0.3) is 11.7 Å². The number of rotatable bonds is 2. The van der Waals surface area contributed by atoms with E-state index in [9.17, 15) is 9.59 Å². The number of likely N-dealkylation sites (N-methyl/N-ethyl adjacent to an activating group) is 1. The van der Waals surface area contributed by atoms with E-state index in [0.717, 1.165) is 0 Å². The summed E-state index contributed by atoms with van der Waals surface area (Å²) in [5, 5.41) is 0. The number of thiocarbonyl (C=S) groups is 1. The van der Waals surface area contributed by atoms with Gasteiger partial charge in [-0.05, 0) is 18.2 Å². The maximum Gasteiger partial charge on any atom is 0.267 e. The van der Waals surface area contributed by atoms with Gasteiger partial charge in [-0.15, -0.1) is 0 Å². The second kappa shape index (κ2) is 6.82. The smallest absolute Gasteiger partial charge is 0.267 e. The molecule has 0 atom stereocenters. The van der Waals surface area contributed by atoms with Crippen molar-refractivity contribution in [2.75, 3.05) is 38.3 Å². The van der Waals surface area contributed by atoms with Crippen molar-refractivity contribution in [1.82, 2.24) is 14.3 Å². The lowest BCUT2D eigenvalue weighted by molar-refractivity contribution is -0.121. The van der Waals surface area contributed by atoms with E-state index in [1.165, 1.54) is 21.1 Å². The minimum atomic E-state index is -0.210. The second-order valence-electron chi connectivity index (χ2n) is 5.92. The number of hydrogen-bond donors (Lipinski definition) is 0. The van der Waals surface area contributed by atoms with E-state index in [0.29, 0.717) is 52.6 Å². The van der Waals surface area contributed by atoms with Crippen LogP contribution in [0, 0.1) is 0 Å². The van der Waals surface area contributed by atoms with Crippen molar-refractivity contribution < 1.29 is 9.53 Å². The van der Waals surface area contributed by atoms with Crippen molar-refractivity contribution in [3.8, 4) is 0 Å². The third-order valence-corrected chi connectivity index (χ3v) is 5.81. The molecule has 0 bridgehead atoms. The Morgan fingerprint density at radius 3 is 2.73 bits per heavy atom. The number of aromatic nitrogens is 2. The van der Waals surface area contributed by atoms with Gasteiger partial charge in [0.2, 0.25) is 0 Å². The van der Waals surface area contributed by atoms with Gasteiger partial charge >= 0.3 is 0 Å². The van der Waals surface area contributed by atoms with Gasteiger partial charge in [-0.1, -0.05) is 30.0 Å². The number of carbonyl (C=O) groups excluding carboxylic acids is 1. The summed E-state index contributed by atoms with van der Waals surface area (Å²) in [6.07, 6.45) is 3.29. The van der Waals surface area contributed by atoms with Crippen LogP contribution in [0.4, 0.5) is 5.82 Å². The molecule has 2 fully saturated rings. The van der Waals surface area contributed by atoms with Crippen molar-refractivity contribution in [3.05, 3.63) is 45.2 Å². The summed E-state index contributed by atoms with van der Waals surface area (Å²) >= 11 is 6.38. The lowest BCUT2D eigenvalue weighted by Gasteiger charge is -2.29. The largest absolute Gasteiger partial charge is 0.378 e. The van der Waals surface area contributed by atoms with E-state index in [1.807, 2.05) is 11.0 Å². The van der Waals surface area contributed by atoms with Gasteiger partial charge in [-0.25, -0.2) is 4.98 Å². The molecule has 0 aliphatic carbocycles. The summed E-state index contributed by atoms with van der Waals surface area (Å²) < 4.78 is 7.37. The second-order valence-corrected chi connectivity index (χ2v) is 7.60. The quantitative estimate of drug-likeness (QED) is 0.568. The predicted molar refractivity (Wildman–Crippen MR) is 105 cm³/mol. The van der Waals surface area contributed by atoms with Crippen molar-refractivity contribution in [3.63, 3.8) is 0 Å². The highest BCUT2D eigenvalue weighted by Gasteiger charge is 2.30. The van der Waals surface area contributed by atoms with Gasteiger partial charge in [0, 0.05) is 26.3 Å². The molecule has 0 radical (unpaired) electrons. The van der Waals surface area contributed by atoms with Crippen LogP contribution in [0.1, 0.15) is 5.56 Å². The molecule has 134 valence electrons. The molecule has 9 heteroatoms. The van der Waals surface area contributed by atoms with Crippen LogP contribution >= 0.6 is 24.0 Å². The maximum atomic E-state index is 13.1. The fraction of sp³-hybridized carbons (Fsp3) is 0.294. The lowest BCUT2D eigenvalue weighted by atomic mass is 10.2. The highest BCUT2D eigenvalue weighted by Crippen LogP contribution is 2.32. The Morgan fingerprint density at radius 2 is 2.04 bits per heavy atom. The molecule has 2 aliphatic heterocycles. The number of fused-ring (bicyclic) bond motifs is 1. The Morgan fingerprint density at radius 1 is 1.27 bits per heavy atom. The van der Waals surface area contributed by atoms with E-state index >= 15 is 0 Å². The van der Waals surface area contributed by atoms with Gasteiger partial charge in [0.1, 0.15) is 15.8 Å². The van der Waals surface area contributed by atoms with Crippen LogP contribution in [-0.2, 0) is 9.53 Å². The van der Waals surface area contributed by atoms with Gasteiger partial charge in [-0.3, -0.25) is 18.9 Å². The third kappa shape index (κ3) is 2.91. The first-order valence-electron chi connectivity index (χ1n) is 8.12. The highest BCUT2D eigenvalue weighted by atomic mass is 32.2. The van der Waals surface area contributed by atoms with E-state index in [1.54, 1.807) is 31.5 Å². The number of amides is 1. The molecule has 0 N–H and O–H groups in total. The molecule has 7 nitrogen and oxygen atoms in total. The number of thioether (sulfide) groups is 1. The van der Waals surface area contributed by atoms with E-state index in [2.05, 4.69) is 4.98 Å².